The van der Waals surface area contributed by atoms with Gasteiger partial charge in [-0.2, -0.15) is 0 Å². The van der Waals surface area contributed by atoms with E-state index >= 15 is 0 Å². The molecule has 0 spiro atoms. The Bertz CT molecular complexity index is 912. The first-order chi connectivity index (χ1) is 20.9. The van der Waals surface area contributed by atoms with Gasteiger partial charge in [0.25, 0.3) is 5.91 Å². The number of urea groups is 1. The number of carbonyl (C=O) groups is 3. The van der Waals surface area contributed by atoms with E-state index in [1.165, 1.54) is 44.9 Å². The van der Waals surface area contributed by atoms with E-state index in [1.54, 1.807) is 18.7 Å². The van der Waals surface area contributed by atoms with Gasteiger partial charge in [0, 0.05) is 12.0 Å². The van der Waals surface area contributed by atoms with Crippen molar-refractivity contribution in [3.05, 3.63) is 12.2 Å². The molecule has 44 heavy (non-hydrogen) atoms. The Morgan fingerprint density at radius 3 is 1.98 bits per heavy atom. The van der Waals surface area contributed by atoms with Crippen LogP contribution in [0, 0.1) is 5.41 Å². The lowest BCUT2D eigenvalue weighted by Crippen LogP contribution is -2.69. The smallest absolute Gasteiger partial charge is 0.328 e. The molecule has 2 aliphatic rings. The largest absolute Gasteiger partial charge is 0.480 e. The zero-order valence-corrected chi connectivity index (χ0v) is 28.5. The van der Waals surface area contributed by atoms with Crippen molar-refractivity contribution in [3.63, 3.8) is 0 Å². The van der Waals surface area contributed by atoms with Gasteiger partial charge in [0.15, 0.2) is 11.8 Å². The molecule has 3 amide bonds. The molecule has 0 bridgehead atoms. The highest BCUT2D eigenvalue weighted by molar-refractivity contribution is 5.88. The standard InChI is InChI=1S/C35H63N3O6/c1-6-7-8-9-10-11-12-13-14-15-16-17-18-19-23-26-38(32(36)42)35(24-21-20-22-25-35)28(31(40)41)37-30(39)29-33(2,3)27-43-34(4,5)44-29/h13-14,28-29H,6-12,15-27H2,1-5H3,(H2,36,42)(H,37,39)(H,40,41)/b14-13+. The minimum atomic E-state index is -1.30. The predicted octanol–water partition coefficient (Wildman–Crippen LogP) is 7.46. The van der Waals surface area contributed by atoms with Gasteiger partial charge < -0.3 is 30.5 Å². The van der Waals surface area contributed by atoms with Gasteiger partial charge in [-0.3, -0.25) is 4.79 Å². The first kappa shape index (κ1) is 38.1. The molecule has 0 aromatic rings. The second-order valence-electron chi connectivity index (χ2n) is 14.2. The number of amides is 3. The normalized spacial score (nSPS) is 21.5. The van der Waals surface area contributed by atoms with Gasteiger partial charge in [-0.15, -0.1) is 0 Å². The van der Waals surface area contributed by atoms with Gasteiger partial charge in [-0.05, 0) is 58.8 Å². The highest BCUT2D eigenvalue weighted by Crippen LogP contribution is 2.39. The SMILES string of the molecule is CCCCCCCC/C=C/CCCCCCCN(C(N)=O)C1(C(NC(=O)C2OC(C)(C)OCC2(C)C)C(=O)O)CCCCC1. The molecule has 0 radical (unpaired) electrons. The molecule has 2 atom stereocenters. The highest BCUT2D eigenvalue weighted by atomic mass is 16.7. The van der Waals surface area contributed by atoms with E-state index in [-0.39, 0.29) is 0 Å². The van der Waals surface area contributed by atoms with Crippen LogP contribution in [0.2, 0.25) is 0 Å². The van der Waals surface area contributed by atoms with Crippen LogP contribution in [0.15, 0.2) is 12.2 Å². The van der Waals surface area contributed by atoms with Crippen molar-refractivity contribution in [2.75, 3.05) is 13.2 Å². The summed E-state index contributed by atoms with van der Waals surface area (Å²) >= 11 is 0. The Labute approximate surface area is 267 Å². The predicted molar refractivity (Wildman–Crippen MR) is 175 cm³/mol. The number of rotatable bonds is 20. The molecule has 0 aromatic carbocycles. The van der Waals surface area contributed by atoms with Crippen LogP contribution in [-0.4, -0.2) is 64.5 Å². The van der Waals surface area contributed by atoms with Gasteiger partial charge in [0.05, 0.1) is 12.1 Å². The van der Waals surface area contributed by atoms with Crippen LogP contribution < -0.4 is 11.1 Å². The number of hydrogen-bond donors (Lipinski definition) is 3. The molecule has 4 N–H and O–H groups in total. The molecule has 9 nitrogen and oxygen atoms in total. The van der Waals surface area contributed by atoms with E-state index in [0.717, 1.165) is 57.8 Å². The zero-order valence-electron chi connectivity index (χ0n) is 28.5. The second-order valence-corrected chi connectivity index (χ2v) is 14.2. The number of nitrogens with zero attached hydrogens (tertiary/aromatic N) is 1. The van der Waals surface area contributed by atoms with Crippen LogP contribution in [0.3, 0.4) is 0 Å². The van der Waals surface area contributed by atoms with E-state index in [4.69, 9.17) is 15.2 Å². The van der Waals surface area contributed by atoms with Crippen molar-refractivity contribution >= 4 is 17.9 Å². The van der Waals surface area contributed by atoms with E-state index in [9.17, 15) is 19.5 Å². The maximum absolute atomic E-state index is 13.6. The number of unbranched alkanes of at least 4 members (excludes halogenated alkanes) is 11. The highest BCUT2D eigenvalue weighted by Gasteiger charge is 2.53. The summed E-state index contributed by atoms with van der Waals surface area (Å²) < 4.78 is 11.7. The lowest BCUT2D eigenvalue weighted by molar-refractivity contribution is -0.304. The summed E-state index contributed by atoms with van der Waals surface area (Å²) in [5, 5.41) is 13.2. The van der Waals surface area contributed by atoms with E-state index in [2.05, 4.69) is 24.4 Å². The average molecular weight is 622 g/mol. The summed E-state index contributed by atoms with van der Waals surface area (Å²) in [7, 11) is 0. The maximum Gasteiger partial charge on any atom is 0.328 e. The average Bonchev–Trinajstić information content (AvgIpc) is 2.97. The number of nitrogens with one attached hydrogen (secondary N) is 1. The lowest BCUT2D eigenvalue weighted by atomic mass is 9.74. The first-order valence-corrected chi connectivity index (χ1v) is 17.4. The fourth-order valence-corrected chi connectivity index (χ4v) is 6.74. The third-order valence-corrected chi connectivity index (χ3v) is 9.38. The van der Waals surface area contributed by atoms with Gasteiger partial charge >= 0.3 is 12.0 Å². The molecule has 9 heteroatoms. The fourth-order valence-electron chi connectivity index (χ4n) is 6.74. The van der Waals surface area contributed by atoms with E-state index in [1.807, 2.05) is 13.8 Å². The quantitative estimate of drug-likeness (QED) is 0.0955. The Kier molecular flexibility index (Phi) is 16.2. The van der Waals surface area contributed by atoms with Crippen molar-refractivity contribution in [2.24, 2.45) is 11.1 Å². The van der Waals surface area contributed by atoms with Crippen LogP contribution in [0.1, 0.15) is 150 Å². The summed E-state index contributed by atoms with van der Waals surface area (Å²) in [6.07, 6.45) is 22.4. The van der Waals surface area contributed by atoms with Crippen molar-refractivity contribution in [1.29, 1.82) is 0 Å². The number of primary amides is 1. The zero-order chi connectivity index (χ0) is 32.6. The number of carbonyl (C=O) groups excluding carboxylic acids is 2. The molecular formula is C35H63N3O6. The summed E-state index contributed by atoms with van der Waals surface area (Å²) in [6, 6.07) is -1.93. The molecule has 1 saturated carbocycles. The van der Waals surface area contributed by atoms with Gasteiger partial charge in [0.1, 0.15) is 6.10 Å². The molecular weight excluding hydrogens is 558 g/mol. The fraction of sp³-hybridized carbons (Fsp3) is 0.857. The molecule has 1 aliphatic carbocycles. The molecule has 1 saturated heterocycles. The summed E-state index contributed by atoms with van der Waals surface area (Å²) in [5.41, 5.74) is 4.19. The van der Waals surface area contributed by atoms with E-state index in [0.29, 0.717) is 26.0 Å². The van der Waals surface area contributed by atoms with Crippen LogP contribution in [0.25, 0.3) is 0 Å². The molecule has 1 heterocycles. The van der Waals surface area contributed by atoms with Gasteiger partial charge in [-0.1, -0.05) is 104 Å². The summed E-state index contributed by atoms with van der Waals surface area (Å²) in [4.78, 5) is 40.8. The molecule has 2 unspecified atom stereocenters. The van der Waals surface area contributed by atoms with Crippen LogP contribution in [0.5, 0.6) is 0 Å². The third kappa shape index (κ3) is 12.0. The van der Waals surface area contributed by atoms with Crippen molar-refractivity contribution in [1.82, 2.24) is 10.2 Å². The minimum Gasteiger partial charge on any atom is -0.480 e. The van der Waals surface area contributed by atoms with Crippen molar-refractivity contribution in [3.8, 4) is 0 Å². The summed E-state index contributed by atoms with van der Waals surface area (Å²) in [5.74, 6) is -2.64. The van der Waals surface area contributed by atoms with Crippen molar-refractivity contribution < 1.29 is 29.0 Å². The second kappa shape index (κ2) is 18.7. The number of carboxylic acid groups (broad SMARTS) is 1. The molecule has 254 valence electrons. The Hall–Kier alpha value is -2.13. The van der Waals surface area contributed by atoms with Crippen LogP contribution >= 0.6 is 0 Å². The number of carboxylic acids is 1. The monoisotopic (exact) mass is 621 g/mol. The molecule has 2 fully saturated rings. The molecule has 1 aliphatic heterocycles. The number of ether oxygens (including phenoxy) is 2. The Morgan fingerprint density at radius 2 is 1.43 bits per heavy atom. The number of aliphatic carboxylic acids is 1. The minimum absolute atomic E-state index is 0.295. The topological polar surface area (TPSA) is 131 Å². The van der Waals surface area contributed by atoms with Gasteiger partial charge in [0.2, 0.25) is 0 Å². The summed E-state index contributed by atoms with van der Waals surface area (Å²) in [6.45, 7) is 10.1. The number of nitrogens with two attached hydrogens (primary N) is 1. The van der Waals surface area contributed by atoms with Crippen LogP contribution in [-0.2, 0) is 19.1 Å². The van der Waals surface area contributed by atoms with Crippen LogP contribution in [0.4, 0.5) is 4.79 Å². The lowest BCUT2D eigenvalue weighted by Gasteiger charge is -2.50. The number of hydrogen-bond acceptors (Lipinski definition) is 5. The third-order valence-electron chi connectivity index (χ3n) is 9.38. The Balaban J connectivity index is 1.93. The molecule has 0 aromatic heterocycles. The first-order valence-electron chi connectivity index (χ1n) is 17.4. The van der Waals surface area contributed by atoms with E-state index < -0.39 is 46.8 Å². The number of allylic oxidation sites excluding steroid dienone is 2. The van der Waals surface area contributed by atoms with Crippen molar-refractivity contribution in [2.45, 2.75) is 174 Å². The molecule has 2 rings (SSSR count). The maximum atomic E-state index is 13.6. The van der Waals surface area contributed by atoms with Gasteiger partial charge in [-0.25, -0.2) is 9.59 Å². The Morgan fingerprint density at radius 1 is 0.886 bits per heavy atom.